The number of aromatic nitrogens is 3. The van der Waals surface area contributed by atoms with Gasteiger partial charge in [-0.1, -0.05) is 30.3 Å². The standard InChI is InChI=1S/C20H24N6.HI/c1-15-7-3-4-8-17(15)16-10-12-25(14-16)20(21-2)22-13-19-24-23-18-9-5-6-11-26(18)19;/h3-9,11,16H,10,12-14H2,1-2H3,(H,21,22);1H. The van der Waals surface area contributed by atoms with Gasteiger partial charge in [0.25, 0.3) is 0 Å². The molecule has 1 saturated heterocycles. The molecule has 1 atom stereocenters. The van der Waals surface area contributed by atoms with Gasteiger partial charge in [-0.15, -0.1) is 34.2 Å². The average molecular weight is 476 g/mol. The molecule has 27 heavy (non-hydrogen) atoms. The molecule has 0 aliphatic carbocycles. The molecule has 1 aliphatic rings. The normalized spacial score (nSPS) is 17.2. The number of rotatable bonds is 3. The van der Waals surface area contributed by atoms with Gasteiger partial charge in [0.05, 0.1) is 6.54 Å². The van der Waals surface area contributed by atoms with Crippen LogP contribution in [0.4, 0.5) is 0 Å². The second kappa shape index (κ2) is 8.69. The van der Waals surface area contributed by atoms with E-state index >= 15 is 0 Å². The largest absolute Gasteiger partial charge is 0.349 e. The number of nitrogens with one attached hydrogen (secondary N) is 1. The van der Waals surface area contributed by atoms with Crippen LogP contribution in [0, 0.1) is 6.92 Å². The summed E-state index contributed by atoms with van der Waals surface area (Å²) in [5.41, 5.74) is 3.69. The molecule has 1 aliphatic heterocycles. The smallest absolute Gasteiger partial charge is 0.194 e. The summed E-state index contributed by atoms with van der Waals surface area (Å²) in [6.45, 7) is 4.80. The first-order valence-electron chi connectivity index (χ1n) is 9.06. The summed E-state index contributed by atoms with van der Waals surface area (Å²) in [5, 5.41) is 11.9. The molecular formula is C20H25IN6. The lowest BCUT2D eigenvalue weighted by Gasteiger charge is -2.22. The molecule has 2 aromatic heterocycles. The van der Waals surface area contributed by atoms with Crippen LogP contribution in [0.5, 0.6) is 0 Å². The van der Waals surface area contributed by atoms with Crippen molar-refractivity contribution in [1.29, 1.82) is 0 Å². The molecule has 3 aromatic rings. The van der Waals surface area contributed by atoms with Gasteiger partial charge in [0.1, 0.15) is 0 Å². The fourth-order valence-electron chi connectivity index (χ4n) is 3.75. The number of aliphatic imine (C=N–C) groups is 1. The van der Waals surface area contributed by atoms with E-state index in [0.29, 0.717) is 12.5 Å². The Kier molecular flexibility index (Phi) is 6.30. The first-order chi connectivity index (χ1) is 12.8. The Morgan fingerprint density at radius 2 is 2.00 bits per heavy atom. The molecule has 1 unspecified atom stereocenters. The SMILES string of the molecule is CN=C(NCc1nnc2ccccn12)N1CCC(c2ccccc2C)C1.I. The highest BCUT2D eigenvalue weighted by Gasteiger charge is 2.26. The van der Waals surface area contributed by atoms with E-state index in [2.05, 4.69) is 56.6 Å². The zero-order chi connectivity index (χ0) is 17.9. The molecule has 0 saturated carbocycles. The van der Waals surface area contributed by atoms with Crippen molar-refractivity contribution in [1.82, 2.24) is 24.8 Å². The van der Waals surface area contributed by atoms with E-state index in [-0.39, 0.29) is 24.0 Å². The Balaban J connectivity index is 0.00000210. The molecule has 0 amide bonds. The van der Waals surface area contributed by atoms with Crippen LogP contribution in [0.1, 0.15) is 29.3 Å². The van der Waals surface area contributed by atoms with Gasteiger partial charge in [-0.25, -0.2) is 0 Å². The Labute approximate surface area is 176 Å². The molecule has 6 nitrogen and oxygen atoms in total. The third-order valence-corrected chi connectivity index (χ3v) is 5.12. The van der Waals surface area contributed by atoms with Crippen LogP contribution in [-0.2, 0) is 6.54 Å². The highest BCUT2D eigenvalue weighted by atomic mass is 127. The van der Waals surface area contributed by atoms with Crippen molar-refractivity contribution in [3.05, 3.63) is 65.6 Å². The van der Waals surface area contributed by atoms with Gasteiger partial charge in [0.2, 0.25) is 0 Å². The van der Waals surface area contributed by atoms with Crippen LogP contribution in [0.15, 0.2) is 53.7 Å². The number of hydrogen-bond donors (Lipinski definition) is 1. The third-order valence-electron chi connectivity index (χ3n) is 5.12. The van der Waals surface area contributed by atoms with Crippen molar-refractivity contribution in [2.24, 2.45) is 4.99 Å². The summed E-state index contributed by atoms with van der Waals surface area (Å²) in [6.07, 6.45) is 3.14. The van der Waals surface area contributed by atoms with E-state index in [1.807, 2.05) is 35.8 Å². The summed E-state index contributed by atoms with van der Waals surface area (Å²) in [7, 11) is 1.84. The number of benzene rings is 1. The van der Waals surface area contributed by atoms with E-state index in [4.69, 9.17) is 0 Å². The lowest BCUT2D eigenvalue weighted by Crippen LogP contribution is -2.39. The second-order valence-electron chi connectivity index (χ2n) is 6.73. The van der Waals surface area contributed by atoms with Gasteiger partial charge >= 0.3 is 0 Å². The van der Waals surface area contributed by atoms with Crippen LogP contribution in [0.25, 0.3) is 5.65 Å². The number of guanidine groups is 1. The van der Waals surface area contributed by atoms with Gasteiger partial charge in [0, 0.05) is 32.3 Å². The fourth-order valence-corrected chi connectivity index (χ4v) is 3.75. The van der Waals surface area contributed by atoms with Crippen LogP contribution >= 0.6 is 24.0 Å². The van der Waals surface area contributed by atoms with E-state index in [0.717, 1.165) is 36.9 Å². The average Bonchev–Trinajstić information content (AvgIpc) is 3.30. The fraction of sp³-hybridized carbons (Fsp3) is 0.350. The van der Waals surface area contributed by atoms with Crippen LogP contribution in [0.3, 0.4) is 0 Å². The first-order valence-corrected chi connectivity index (χ1v) is 9.06. The minimum Gasteiger partial charge on any atom is -0.349 e. The molecule has 0 bridgehead atoms. The van der Waals surface area contributed by atoms with Gasteiger partial charge < -0.3 is 10.2 Å². The maximum atomic E-state index is 4.47. The Morgan fingerprint density at radius 3 is 2.81 bits per heavy atom. The van der Waals surface area contributed by atoms with Crippen molar-refractivity contribution < 1.29 is 0 Å². The second-order valence-corrected chi connectivity index (χ2v) is 6.73. The number of fused-ring (bicyclic) bond motifs is 1. The topological polar surface area (TPSA) is 57.8 Å². The Morgan fingerprint density at radius 1 is 1.19 bits per heavy atom. The van der Waals surface area contributed by atoms with Crippen molar-refractivity contribution in [3.8, 4) is 0 Å². The molecule has 0 radical (unpaired) electrons. The number of likely N-dealkylation sites (tertiary alicyclic amines) is 1. The maximum absolute atomic E-state index is 4.47. The molecule has 1 fully saturated rings. The Bertz CT molecular complexity index is 935. The van der Waals surface area contributed by atoms with Crippen molar-refractivity contribution in [3.63, 3.8) is 0 Å². The monoisotopic (exact) mass is 476 g/mol. The molecule has 142 valence electrons. The van der Waals surface area contributed by atoms with Gasteiger partial charge in [-0.3, -0.25) is 9.39 Å². The van der Waals surface area contributed by atoms with E-state index in [9.17, 15) is 0 Å². The number of pyridine rings is 1. The minimum absolute atomic E-state index is 0. The van der Waals surface area contributed by atoms with Crippen molar-refractivity contribution in [2.75, 3.05) is 20.1 Å². The van der Waals surface area contributed by atoms with Crippen LogP contribution in [-0.4, -0.2) is 45.6 Å². The predicted octanol–water partition coefficient (Wildman–Crippen LogP) is 3.22. The van der Waals surface area contributed by atoms with Gasteiger partial charge in [0.15, 0.2) is 17.4 Å². The first kappa shape index (κ1) is 19.6. The zero-order valence-electron chi connectivity index (χ0n) is 15.7. The predicted molar refractivity (Wildman–Crippen MR) is 119 cm³/mol. The molecule has 1 aromatic carbocycles. The summed E-state index contributed by atoms with van der Waals surface area (Å²) in [6, 6.07) is 14.6. The number of halogens is 1. The van der Waals surface area contributed by atoms with Crippen molar-refractivity contribution >= 4 is 35.6 Å². The summed E-state index contributed by atoms with van der Waals surface area (Å²) >= 11 is 0. The van der Waals surface area contributed by atoms with E-state index < -0.39 is 0 Å². The highest BCUT2D eigenvalue weighted by molar-refractivity contribution is 14.0. The number of nitrogens with zero attached hydrogens (tertiary/aromatic N) is 5. The van der Waals surface area contributed by atoms with Crippen LogP contribution in [0.2, 0.25) is 0 Å². The zero-order valence-corrected chi connectivity index (χ0v) is 18.0. The van der Waals surface area contributed by atoms with E-state index in [1.54, 1.807) is 0 Å². The number of hydrogen-bond acceptors (Lipinski definition) is 3. The summed E-state index contributed by atoms with van der Waals surface area (Å²) in [4.78, 5) is 6.81. The molecule has 3 heterocycles. The summed E-state index contributed by atoms with van der Waals surface area (Å²) in [5.74, 6) is 2.37. The molecule has 7 heteroatoms. The Hall–Kier alpha value is -2.16. The maximum Gasteiger partial charge on any atom is 0.194 e. The third kappa shape index (κ3) is 4.07. The highest BCUT2D eigenvalue weighted by Crippen LogP contribution is 2.29. The lowest BCUT2D eigenvalue weighted by molar-refractivity contribution is 0.484. The van der Waals surface area contributed by atoms with E-state index in [1.165, 1.54) is 11.1 Å². The molecule has 4 rings (SSSR count). The van der Waals surface area contributed by atoms with Gasteiger partial charge in [-0.05, 0) is 36.6 Å². The minimum atomic E-state index is 0. The lowest BCUT2D eigenvalue weighted by atomic mass is 9.94. The molecule has 0 spiro atoms. The summed E-state index contributed by atoms with van der Waals surface area (Å²) < 4.78 is 2.00. The van der Waals surface area contributed by atoms with Crippen LogP contribution < -0.4 is 5.32 Å². The molecular weight excluding hydrogens is 451 g/mol. The van der Waals surface area contributed by atoms with Gasteiger partial charge in [-0.2, -0.15) is 0 Å². The number of aryl methyl sites for hydroxylation is 1. The quantitative estimate of drug-likeness (QED) is 0.359. The molecule has 1 N–H and O–H groups in total. The van der Waals surface area contributed by atoms with Crippen molar-refractivity contribution in [2.45, 2.75) is 25.8 Å².